The molecule has 1 N–H and O–H groups in total. The molecule has 2 aromatic carbocycles. The molecule has 2 aromatic heterocycles. The first-order valence-corrected chi connectivity index (χ1v) is 11.0. The van der Waals surface area contributed by atoms with Gasteiger partial charge in [0.15, 0.2) is 0 Å². The van der Waals surface area contributed by atoms with E-state index in [0.717, 1.165) is 35.6 Å². The Kier molecular flexibility index (Phi) is 5.31. The molecule has 0 radical (unpaired) electrons. The van der Waals surface area contributed by atoms with E-state index in [1.54, 1.807) is 6.07 Å². The molecule has 0 bridgehead atoms. The van der Waals surface area contributed by atoms with E-state index in [1.165, 1.54) is 29.4 Å². The number of aryl methyl sites for hydroxylation is 3. The zero-order chi connectivity index (χ0) is 22.1. The van der Waals surface area contributed by atoms with E-state index in [9.17, 15) is 9.59 Å². The summed E-state index contributed by atoms with van der Waals surface area (Å²) < 4.78 is 3.78. The monoisotopic (exact) mass is 427 g/mol. The summed E-state index contributed by atoms with van der Waals surface area (Å²) in [5.74, 6) is 0.836. The molecule has 0 spiro atoms. The summed E-state index contributed by atoms with van der Waals surface area (Å²) in [4.78, 5) is 34.1. The number of nitrogens with one attached hydrogen (secondary N) is 1. The molecular weight excluding hydrogens is 402 g/mol. The molecule has 3 heterocycles. The van der Waals surface area contributed by atoms with Gasteiger partial charge in [0, 0.05) is 42.7 Å². The predicted molar refractivity (Wildman–Crippen MR) is 125 cm³/mol. The van der Waals surface area contributed by atoms with Crippen LogP contribution in [0.3, 0.4) is 0 Å². The Bertz CT molecular complexity index is 1350. The summed E-state index contributed by atoms with van der Waals surface area (Å²) in [7, 11) is 0. The van der Waals surface area contributed by atoms with Gasteiger partial charge in [0.1, 0.15) is 5.82 Å². The highest BCUT2D eigenvalue weighted by Gasteiger charge is 2.15. The maximum Gasteiger partial charge on any atom is 0.261 e. The van der Waals surface area contributed by atoms with Gasteiger partial charge in [-0.3, -0.25) is 14.2 Å². The van der Waals surface area contributed by atoms with Gasteiger partial charge in [0.05, 0.1) is 17.2 Å². The van der Waals surface area contributed by atoms with Crippen LogP contribution in [-0.2, 0) is 24.3 Å². The third kappa shape index (κ3) is 3.82. The number of hydrogen-bond acceptors (Lipinski definition) is 4. The average molecular weight is 428 g/mol. The Balaban J connectivity index is 1.24. The maximum absolute atomic E-state index is 12.7. The SMILES string of the molecule is Cc1cccc2c(=O)n(CCC(=O)Nc3ccc(-c4ncc5n4CCCC5)cc3)cnc12. The van der Waals surface area contributed by atoms with Crippen LogP contribution in [0.25, 0.3) is 22.3 Å². The standard InChI is InChI=1S/C25H25N5O2/c1-17-5-4-7-21-23(17)27-16-29(25(21)32)14-12-22(31)28-19-10-8-18(9-11-19)24-26-15-20-6-2-3-13-30(20)24/h4-5,7-11,15-16H,2-3,6,12-14H2,1H3,(H,28,31). The second kappa shape index (κ2) is 8.42. The smallest absolute Gasteiger partial charge is 0.261 e. The Morgan fingerprint density at radius 1 is 1.09 bits per heavy atom. The van der Waals surface area contributed by atoms with Crippen molar-refractivity contribution in [3.8, 4) is 11.4 Å². The molecule has 7 heteroatoms. The normalized spacial score (nSPS) is 13.2. The highest BCUT2D eigenvalue weighted by molar-refractivity contribution is 5.91. The average Bonchev–Trinajstić information content (AvgIpc) is 3.24. The lowest BCUT2D eigenvalue weighted by atomic mass is 10.1. The summed E-state index contributed by atoms with van der Waals surface area (Å²) in [6.45, 7) is 3.21. The molecule has 4 aromatic rings. The number of rotatable bonds is 5. The number of carbonyl (C=O) groups excluding carboxylic acids is 1. The number of benzene rings is 2. The Hall–Kier alpha value is -3.74. The van der Waals surface area contributed by atoms with Crippen molar-refractivity contribution in [2.24, 2.45) is 0 Å². The number of amides is 1. The van der Waals surface area contributed by atoms with Gasteiger partial charge in [-0.1, -0.05) is 12.1 Å². The summed E-state index contributed by atoms with van der Waals surface area (Å²) in [6.07, 6.45) is 7.15. The molecule has 1 amide bonds. The summed E-state index contributed by atoms with van der Waals surface area (Å²) in [6, 6.07) is 13.3. The lowest BCUT2D eigenvalue weighted by Gasteiger charge is -2.16. The van der Waals surface area contributed by atoms with Gasteiger partial charge < -0.3 is 9.88 Å². The largest absolute Gasteiger partial charge is 0.328 e. The second-order valence-corrected chi connectivity index (χ2v) is 8.27. The first-order chi connectivity index (χ1) is 15.6. The van der Waals surface area contributed by atoms with Crippen LogP contribution >= 0.6 is 0 Å². The lowest BCUT2D eigenvalue weighted by Crippen LogP contribution is -2.23. The second-order valence-electron chi connectivity index (χ2n) is 8.27. The van der Waals surface area contributed by atoms with Crippen molar-refractivity contribution in [1.29, 1.82) is 0 Å². The molecule has 0 saturated carbocycles. The number of imidazole rings is 1. The highest BCUT2D eigenvalue weighted by Crippen LogP contribution is 2.25. The molecule has 1 aliphatic heterocycles. The lowest BCUT2D eigenvalue weighted by molar-refractivity contribution is -0.116. The Labute approximate surface area is 185 Å². The van der Waals surface area contributed by atoms with Gasteiger partial charge in [-0.15, -0.1) is 0 Å². The molecule has 162 valence electrons. The molecule has 7 nitrogen and oxygen atoms in total. The van der Waals surface area contributed by atoms with Gasteiger partial charge in [-0.25, -0.2) is 9.97 Å². The number of carbonyl (C=O) groups is 1. The van der Waals surface area contributed by atoms with Crippen LogP contribution in [0.2, 0.25) is 0 Å². The molecule has 5 rings (SSSR count). The minimum absolute atomic E-state index is 0.126. The van der Waals surface area contributed by atoms with Crippen molar-refractivity contribution < 1.29 is 4.79 Å². The van der Waals surface area contributed by atoms with E-state index in [-0.39, 0.29) is 24.4 Å². The molecule has 0 aliphatic carbocycles. The molecule has 0 fully saturated rings. The number of nitrogens with zero attached hydrogens (tertiary/aromatic N) is 4. The topological polar surface area (TPSA) is 81.8 Å². The summed E-state index contributed by atoms with van der Waals surface area (Å²) >= 11 is 0. The van der Waals surface area contributed by atoms with E-state index >= 15 is 0 Å². The fraction of sp³-hybridized carbons (Fsp3) is 0.280. The van der Waals surface area contributed by atoms with Gasteiger partial charge in [0.2, 0.25) is 5.91 Å². The maximum atomic E-state index is 12.7. The van der Waals surface area contributed by atoms with Crippen LogP contribution in [-0.4, -0.2) is 25.0 Å². The van der Waals surface area contributed by atoms with Gasteiger partial charge in [-0.05, 0) is 62.1 Å². The summed E-state index contributed by atoms with van der Waals surface area (Å²) in [5.41, 5.74) is 4.60. The van der Waals surface area contributed by atoms with E-state index in [1.807, 2.05) is 49.5 Å². The van der Waals surface area contributed by atoms with Gasteiger partial charge in [0.25, 0.3) is 5.56 Å². The van der Waals surface area contributed by atoms with Crippen LogP contribution in [0.5, 0.6) is 0 Å². The van der Waals surface area contributed by atoms with Crippen LogP contribution in [0.15, 0.2) is 59.8 Å². The Morgan fingerprint density at radius 2 is 1.94 bits per heavy atom. The van der Waals surface area contributed by atoms with Gasteiger partial charge in [-0.2, -0.15) is 0 Å². The van der Waals surface area contributed by atoms with Crippen LogP contribution in [0, 0.1) is 6.92 Å². The van der Waals surface area contributed by atoms with Crippen molar-refractivity contribution >= 4 is 22.5 Å². The fourth-order valence-electron chi connectivity index (χ4n) is 4.31. The number of anilines is 1. The number of para-hydroxylation sites is 1. The molecule has 32 heavy (non-hydrogen) atoms. The molecule has 0 saturated heterocycles. The van der Waals surface area contributed by atoms with Crippen LogP contribution < -0.4 is 10.9 Å². The van der Waals surface area contributed by atoms with Crippen LogP contribution in [0.4, 0.5) is 5.69 Å². The third-order valence-electron chi connectivity index (χ3n) is 6.06. The van der Waals surface area contributed by atoms with E-state index in [4.69, 9.17) is 0 Å². The minimum atomic E-state index is -0.146. The van der Waals surface area contributed by atoms with Crippen molar-refractivity contribution in [3.05, 3.63) is 76.6 Å². The van der Waals surface area contributed by atoms with Crippen molar-refractivity contribution in [1.82, 2.24) is 19.1 Å². The zero-order valence-corrected chi connectivity index (χ0v) is 18.0. The summed E-state index contributed by atoms with van der Waals surface area (Å²) in [5, 5.41) is 3.48. The van der Waals surface area contributed by atoms with E-state index < -0.39 is 0 Å². The first-order valence-electron chi connectivity index (χ1n) is 11.0. The fourth-order valence-corrected chi connectivity index (χ4v) is 4.31. The van der Waals surface area contributed by atoms with Crippen molar-refractivity contribution in [2.75, 3.05) is 5.32 Å². The minimum Gasteiger partial charge on any atom is -0.328 e. The Morgan fingerprint density at radius 3 is 2.78 bits per heavy atom. The highest BCUT2D eigenvalue weighted by atomic mass is 16.2. The zero-order valence-electron chi connectivity index (χ0n) is 18.0. The molecule has 0 unspecified atom stereocenters. The molecular formula is C25H25N5O2. The van der Waals surface area contributed by atoms with Crippen molar-refractivity contribution in [3.63, 3.8) is 0 Å². The number of aromatic nitrogens is 4. The van der Waals surface area contributed by atoms with E-state index in [0.29, 0.717) is 10.9 Å². The number of fused-ring (bicyclic) bond motifs is 2. The van der Waals surface area contributed by atoms with Gasteiger partial charge >= 0.3 is 0 Å². The predicted octanol–water partition coefficient (Wildman–Crippen LogP) is 3.93. The first kappa shape index (κ1) is 20.2. The third-order valence-corrected chi connectivity index (χ3v) is 6.06. The molecule has 1 aliphatic rings. The number of hydrogen-bond donors (Lipinski definition) is 1. The van der Waals surface area contributed by atoms with Crippen molar-refractivity contribution in [2.45, 2.75) is 45.7 Å². The van der Waals surface area contributed by atoms with Crippen LogP contribution in [0.1, 0.15) is 30.5 Å². The van der Waals surface area contributed by atoms with E-state index in [2.05, 4.69) is 19.9 Å². The molecule has 0 atom stereocenters. The quantitative estimate of drug-likeness (QED) is 0.523.